The molecule has 0 aliphatic carbocycles. The second kappa shape index (κ2) is 8.30. The molecule has 0 saturated heterocycles. The molecule has 0 aromatic carbocycles. The van der Waals surface area contributed by atoms with Crippen molar-refractivity contribution in [1.82, 2.24) is 10.2 Å². The van der Waals surface area contributed by atoms with E-state index < -0.39 is 23.4 Å². The van der Waals surface area contributed by atoms with Gasteiger partial charge in [-0.1, -0.05) is 6.58 Å². The van der Waals surface area contributed by atoms with Gasteiger partial charge < -0.3 is 14.4 Å². The van der Waals surface area contributed by atoms with Crippen LogP contribution in [0.2, 0.25) is 0 Å². The molecule has 0 aromatic heterocycles. The van der Waals surface area contributed by atoms with Crippen LogP contribution in [0.5, 0.6) is 0 Å². The van der Waals surface area contributed by atoms with Crippen LogP contribution in [-0.4, -0.2) is 47.6 Å². The first-order valence-electron chi connectivity index (χ1n) is 7.03. The van der Waals surface area contributed by atoms with Crippen molar-refractivity contribution in [2.75, 3.05) is 7.05 Å². The van der Waals surface area contributed by atoms with Crippen molar-refractivity contribution in [1.29, 1.82) is 0 Å². The van der Waals surface area contributed by atoms with Crippen molar-refractivity contribution in [3.8, 4) is 0 Å². The molecule has 0 radical (unpaired) electrons. The fraction of sp³-hybridized carbons (Fsp3) is 0.600. The molecule has 0 spiro atoms. The number of alkyl carbamates (subject to hydrolysis) is 1. The number of nitrogens with zero attached hydrogens (tertiary/aromatic N) is 3. The Labute approximate surface area is 137 Å². The van der Waals surface area contributed by atoms with Gasteiger partial charge in [0, 0.05) is 13.2 Å². The van der Waals surface area contributed by atoms with Crippen molar-refractivity contribution < 1.29 is 19.1 Å². The van der Waals surface area contributed by atoms with Gasteiger partial charge in [0.05, 0.1) is 6.34 Å². The Morgan fingerprint density at radius 3 is 2.04 bits per heavy atom. The molecule has 0 atom stereocenters. The average molecular weight is 326 g/mol. The summed E-state index contributed by atoms with van der Waals surface area (Å²) in [5.74, 6) is -0.0842. The third-order valence-corrected chi connectivity index (χ3v) is 1.88. The maximum Gasteiger partial charge on any atom is 0.437 e. The largest absolute Gasteiger partial charge is 0.444 e. The fourth-order valence-electron chi connectivity index (χ4n) is 1.16. The Morgan fingerprint density at radius 2 is 1.61 bits per heavy atom. The molecule has 0 heterocycles. The normalized spacial score (nSPS) is 12.7. The molecule has 1 N–H and O–H groups in total. The first-order chi connectivity index (χ1) is 10.3. The Hall–Kier alpha value is -2.38. The highest BCUT2D eigenvalue weighted by atomic mass is 16.6. The molecule has 0 aliphatic heterocycles. The van der Waals surface area contributed by atoms with E-state index in [1.54, 1.807) is 48.6 Å². The van der Waals surface area contributed by atoms with E-state index in [9.17, 15) is 9.59 Å². The number of amides is 2. The van der Waals surface area contributed by atoms with E-state index in [-0.39, 0.29) is 5.96 Å². The van der Waals surface area contributed by atoms with E-state index in [2.05, 4.69) is 21.9 Å². The van der Waals surface area contributed by atoms with Crippen LogP contribution in [0.4, 0.5) is 9.59 Å². The number of rotatable bonds is 2. The summed E-state index contributed by atoms with van der Waals surface area (Å²) in [5, 5.41) is 2.39. The van der Waals surface area contributed by atoms with Crippen LogP contribution < -0.4 is 5.32 Å². The van der Waals surface area contributed by atoms with E-state index in [0.29, 0.717) is 0 Å². The molecule has 0 fully saturated rings. The van der Waals surface area contributed by atoms with Crippen LogP contribution in [-0.2, 0) is 9.47 Å². The van der Waals surface area contributed by atoms with Gasteiger partial charge in [0.2, 0.25) is 5.96 Å². The zero-order valence-corrected chi connectivity index (χ0v) is 14.8. The monoisotopic (exact) mass is 326 g/mol. The number of carbonyl (C=O) groups is 2. The van der Waals surface area contributed by atoms with E-state index in [1.807, 2.05) is 0 Å². The molecule has 0 aromatic rings. The fourth-order valence-corrected chi connectivity index (χ4v) is 1.16. The minimum absolute atomic E-state index is 0.0842. The van der Waals surface area contributed by atoms with Crippen LogP contribution in [0.15, 0.2) is 22.8 Å². The molecular weight excluding hydrogens is 300 g/mol. The highest BCUT2D eigenvalue weighted by Crippen LogP contribution is 2.09. The SMILES string of the molecule is C=CN=CN(C)C(=NC(=O)OC(C)(C)C)NC(=O)OC(C)(C)C. The minimum atomic E-state index is -0.845. The van der Waals surface area contributed by atoms with Gasteiger partial charge in [0.1, 0.15) is 11.2 Å². The zero-order valence-electron chi connectivity index (χ0n) is 14.8. The minimum Gasteiger partial charge on any atom is -0.444 e. The summed E-state index contributed by atoms with van der Waals surface area (Å²) in [6.45, 7) is 13.7. The lowest BCUT2D eigenvalue weighted by Gasteiger charge is -2.22. The van der Waals surface area contributed by atoms with Gasteiger partial charge in [0.15, 0.2) is 0 Å². The molecule has 0 saturated carbocycles. The summed E-state index contributed by atoms with van der Waals surface area (Å²) in [7, 11) is 1.55. The topological polar surface area (TPSA) is 92.6 Å². The maximum absolute atomic E-state index is 11.9. The van der Waals surface area contributed by atoms with Crippen LogP contribution in [0.1, 0.15) is 41.5 Å². The van der Waals surface area contributed by atoms with Crippen LogP contribution in [0.25, 0.3) is 0 Å². The second-order valence-corrected chi connectivity index (χ2v) is 6.60. The third-order valence-electron chi connectivity index (χ3n) is 1.88. The number of hydrogen-bond acceptors (Lipinski definition) is 5. The van der Waals surface area contributed by atoms with Crippen LogP contribution in [0, 0.1) is 0 Å². The Balaban J connectivity index is 5.23. The predicted octanol–water partition coefficient (Wildman–Crippen LogP) is 2.91. The van der Waals surface area contributed by atoms with Gasteiger partial charge in [-0.2, -0.15) is 0 Å². The average Bonchev–Trinajstić information content (AvgIpc) is 2.30. The van der Waals surface area contributed by atoms with Gasteiger partial charge in [-0.05, 0) is 41.5 Å². The number of ether oxygens (including phenoxy) is 2. The number of guanidine groups is 1. The second-order valence-electron chi connectivity index (χ2n) is 6.60. The van der Waals surface area contributed by atoms with Gasteiger partial charge in [-0.25, -0.2) is 14.6 Å². The van der Waals surface area contributed by atoms with Crippen molar-refractivity contribution in [3.63, 3.8) is 0 Å². The lowest BCUT2D eigenvalue weighted by molar-refractivity contribution is 0.0558. The lowest BCUT2D eigenvalue weighted by Crippen LogP contribution is -2.44. The summed E-state index contributed by atoms with van der Waals surface area (Å²) in [6, 6.07) is 0. The van der Waals surface area contributed by atoms with Gasteiger partial charge >= 0.3 is 12.2 Å². The molecule has 0 unspecified atom stereocenters. The van der Waals surface area contributed by atoms with Gasteiger partial charge in [-0.3, -0.25) is 5.32 Å². The first kappa shape index (κ1) is 20.6. The number of aliphatic imine (C=N–C) groups is 2. The molecular formula is C15H26N4O4. The first-order valence-corrected chi connectivity index (χ1v) is 7.03. The molecule has 0 rings (SSSR count). The van der Waals surface area contributed by atoms with Crippen molar-refractivity contribution >= 4 is 24.5 Å². The van der Waals surface area contributed by atoms with Gasteiger partial charge in [0.25, 0.3) is 0 Å². The smallest absolute Gasteiger partial charge is 0.437 e. The summed E-state index contributed by atoms with van der Waals surface area (Å²) in [6.07, 6.45) is 1.03. The Kier molecular flexibility index (Phi) is 7.45. The van der Waals surface area contributed by atoms with E-state index >= 15 is 0 Å². The maximum atomic E-state index is 11.9. The summed E-state index contributed by atoms with van der Waals surface area (Å²) in [5.41, 5.74) is -1.39. The van der Waals surface area contributed by atoms with E-state index in [1.165, 1.54) is 17.4 Å². The van der Waals surface area contributed by atoms with E-state index in [0.717, 1.165) is 0 Å². The Bertz CT molecular complexity index is 499. The highest BCUT2D eigenvalue weighted by molar-refractivity contribution is 6.03. The predicted molar refractivity (Wildman–Crippen MR) is 89.5 cm³/mol. The number of hydrogen-bond donors (Lipinski definition) is 1. The molecule has 23 heavy (non-hydrogen) atoms. The van der Waals surface area contributed by atoms with Crippen molar-refractivity contribution in [2.24, 2.45) is 9.98 Å². The summed E-state index contributed by atoms with van der Waals surface area (Å²) in [4.78, 5) is 32.5. The molecule has 130 valence electrons. The van der Waals surface area contributed by atoms with Crippen molar-refractivity contribution in [2.45, 2.75) is 52.7 Å². The third kappa shape index (κ3) is 10.9. The van der Waals surface area contributed by atoms with Crippen molar-refractivity contribution in [3.05, 3.63) is 12.8 Å². The quantitative estimate of drug-likeness (QED) is 0.622. The summed E-state index contributed by atoms with van der Waals surface area (Å²) < 4.78 is 10.2. The zero-order chi connectivity index (χ0) is 18.3. The van der Waals surface area contributed by atoms with Gasteiger partial charge in [-0.15, -0.1) is 4.99 Å². The number of carbonyl (C=O) groups excluding carboxylic acids is 2. The number of nitrogens with one attached hydrogen (secondary N) is 1. The van der Waals surface area contributed by atoms with Crippen LogP contribution >= 0.6 is 0 Å². The molecule has 2 amide bonds. The molecule has 0 aliphatic rings. The standard InChI is InChI=1S/C15H26N4O4/c1-9-16-10-19(8)11(17-12(20)22-14(2,3)4)18-13(21)23-15(5,6)7/h9-10H,1H2,2-8H3,(H,17,18,20,21). The summed E-state index contributed by atoms with van der Waals surface area (Å²) >= 11 is 0. The Morgan fingerprint density at radius 1 is 1.09 bits per heavy atom. The molecule has 8 heteroatoms. The van der Waals surface area contributed by atoms with E-state index in [4.69, 9.17) is 9.47 Å². The molecule has 0 bridgehead atoms. The van der Waals surface area contributed by atoms with Crippen LogP contribution in [0.3, 0.4) is 0 Å². The molecule has 8 nitrogen and oxygen atoms in total. The highest BCUT2D eigenvalue weighted by Gasteiger charge is 2.21. The lowest BCUT2D eigenvalue weighted by atomic mass is 10.2.